The van der Waals surface area contributed by atoms with E-state index in [1.54, 1.807) is 6.92 Å². The number of nitrogens with two attached hydrogens (primary N) is 1. The zero-order valence-electron chi connectivity index (χ0n) is 14.6. The number of likely N-dealkylation sites (tertiary alicyclic amines) is 1. The molecular formula is C18H25ClN4O2. The van der Waals surface area contributed by atoms with E-state index in [1.807, 2.05) is 36.1 Å². The fourth-order valence-electron chi connectivity index (χ4n) is 3.23. The summed E-state index contributed by atoms with van der Waals surface area (Å²) in [6.45, 7) is 5.27. The molecule has 25 heavy (non-hydrogen) atoms. The predicted molar refractivity (Wildman–Crippen MR) is 97.4 cm³/mol. The van der Waals surface area contributed by atoms with E-state index in [0.717, 1.165) is 42.8 Å². The van der Waals surface area contributed by atoms with Crippen LogP contribution >= 0.6 is 12.4 Å². The predicted octanol–water partition coefficient (Wildman–Crippen LogP) is 2.59. The van der Waals surface area contributed by atoms with Crippen molar-refractivity contribution in [3.63, 3.8) is 0 Å². The second-order valence-corrected chi connectivity index (χ2v) is 6.61. The monoisotopic (exact) mass is 364 g/mol. The third kappa shape index (κ3) is 4.80. The Bertz CT molecular complexity index is 701. The molecule has 1 aromatic heterocycles. The lowest BCUT2D eigenvalue weighted by Gasteiger charge is -2.34. The van der Waals surface area contributed by atoms with E-state index in [9.17, 15) is 4.79 Å². The normalized spacial score (nSPS) is 18.5. The summed E-state index contributed by atoms with van der Waals surface area (Å²) in [6, 6.07) is 7.24. The largest absolute Gasteiger partial charge is 0.341 e. The number of hydrogen-bond acceptors (Lipinski definition) is 5. The summed E-state index contributed by atoms with van der Waals surface area (Å²) in [4.78, 5) is 18.9. The van der Waals surface area contributed by atoms with Crippen LogP contribution in [0.3, 0.4) is 0 Å². The van der Waals surface area contributed by atoms with Crippen molar-refractivity contribution in [1.29, 1.82) is 0 Å². The maximum Gasteiger partial charge on any atom is 0.244 e. The second-order valence-electron chi connectivity index (χ2n) is 6.61. The number of amides is 1. The molecule has 3 rings (SSSR count). The number of carbonyl (C=O) groups is 1. The molecule has 136 valence electrons. The minimum absolute atomic E-state index is 0. The summed E-state index contributed by atoms with van der Waals surface area (Å²) in [6.07, 6.45) is 2.78. The fourth-order valence-corrected chi connectivity index (χ4v) is 3.23. The molecule has 6 nitrogen and oxygen atoms in total. The molecular weight excluding hydrogens is 340 g/mol. The van der Waals surface area contributed by atoms with Crippen LogP contribution in [0.15, 0.2) is 28.8 Å². The van der Waals surface area contributed by atoms with Gasteiger partial charge in [-0.1, -0.05) is 35.0 Å². The Labute approximate surface area is 154 Å². The third-order valence-electron chi connectivity index (χ3n) is 4.57. The first-order valence-corrected chi connectivity index (χ1v) is 8.43. The van der Waals surface area contributed by atoms with E-state index < -0.39 is 6.04 Å². The zero-order valence-corrected chi connectivity index (χ0v) is 15.5. The standard InChI is InChI=1S/C18H24N4O2.ClH/c1-12-5-7-15(8-6-12)17(19)18(23)22-9-3-4-14(11-22)10-16-20-13(2)24-21-16;/h5-8,14,17H,3-4,9-11,19H2,1-2H3;1H. The maximum atomic E-state index is 12.7. The molecule has 1 amide bonds. The highest BCUT2D eigenvalue weighted by atomic mass is 35.5. The fraction of sp³-hybridized carbons (Fsp3) is 0.500. The van der Waals surface area contributed by atoms with Crippen LogP contribution in [-0.4, -0.2) is 34.0 Å². The van der Waals surface area contributed by atoms with E-state index in [0.29, 0.717) is 18.4 Å². The Balaban J connectivity index is 0.00000225. The average Bonchev–Trinajstić information content (AvgIpc) is 2.99. The molecule has 0 radical (unpaired) electrons. The smallest absolute Gasteiger partial charge is 0.244 e. The third-order valence-corrected chi connectivity index (χ3v) is 4.57. The highest BCUT2D eigenvalue weighted by molar-refractivity contribution is 5.85. The van der Waals surface area contributed by atoms with Crippen LogP contribution in [0.2, 0.25) is 0 Å². The average molecular weight is 365 g/mol. The molecule has 7 heteroatoms. The van der Waals surface area contributed by atoms with Gasteiger partial charge in [0.05, 0.1) is 0 Å². The number of aromatic nitrogens is 2. The maximum absolute atomic E-state index is 12.7. The second kappa shape index (κ2) is 8.45. The van der Waals surface area contributed by atoms with Crippen LogP contribution in [0.4, 0.5) is 0 Å². The summed E-state index contributed by atoms with van der Waals surface area (Å²) in [5, 5.41) is 3.96. The first kappa shape index (κ1) is 19.4. The molecule has 1 saturated heterocycles. The Morgan fingerprint density at radius 2 is 2.08 bits per heavy atom. The first-order chi connectivity index (χ1) is 11.5. The number of piperidine rings is 1. The van der Waals surface area contributed by atoms with Crippen LogP contribution < -0.4 is 5.73 Å². The van der Waals surface area contributed by atoms with Crippen molar-refractivity contribution >= 4 is 18.3 Å². The van der Waals surface area contributed by atoms with E-state index in [2.05, 4.69) is 10.1 Å². The van der Waals surface area contributed by atoms with Crippen LogP contribution in [0.25, 0.3) is 0 Å². The lowest BCUT2D eigenvalue weighted by molar-refractivity contribution is -0.134. The highest BCUT2D eigenvalue weighted by Crippen LogP contribution is 2.23. The Kier molecular flexibility index (Phi) is 6.56. The van der Waals surface area contributed by atoms with E-state index in [-0.39, 0.29) is 18.3 Å². The van der Waals surface area contributed by atoms with Gasteiger partial charge in [-0.15, -0.1) is 12.4 Å². The van der Waals surface area contributed by atoms with Crippen LogP contribution in [0.5, 0.6) is 0 Å². The van der Waals surface area contributed by atoms with Crippen molar-refractivity contribution in [2.75, 3.05) is 13.1 Å². The Morgan fingerprint density at radius 3 is 2.72 bits per heavy atom. The molecule has 1 aliphatic heterocycles. The molecule has 0 spiro atoms. The van der Waals surface area contributed by atoms with Gasteiger partial charge in [0.2, 0.25) is 11.8 Å². The number of nitrogens with zero attached hydrogens (tertiary/aromatic N) is 3. The Morgan fingerprint density at radius 1 is 1.36 bits per heavy atom. The first-order valence-electron chi connectivity index (χ1n) is 8.43. The minimum atomic E-state index is -0.600. The molecule has 2 N–H and O–H groups in total. The van der Waals surface area contributed by atoms with E-state index >= 15 is 0 Å². The molecule has 1 fully saturated rings. The quantitative estimate of drug-likeness (QED) is 0.901. The molecule has 0 saturated carbocycles. The molecule has 0 bridgehead atoms. The van der Waals surface area contributed by atoms with Crippen LogP contribution in [0.1, 0.15) is 41.7 Å². The Hall–Kier alpha value is -1.92. The number of hydrogen-bond donors (Lipinski definition) is 1. The molecule has 2 unspecified atom stereocenters. The molecule has 2 heterocycles. The van der Waals surface area contributed by atoms with Gasteiger partial charge in [0, 0.05) is 26.4 Å². The lowest BCUT2D eigenvalue weighted by atomic mass is 9.93. The summed E-state index contributed by atoms with van der Waals surface area (Å²) >= 11 is 0. The zero-order chi connectivity index (χ0) is 17.1. The number of rotatable bonds is 4. The van der Waals surface area contributed by atoms with Crippen molar-refractivity contribution < 1.29 is 9.32 Å². The number of carbonyl (C=O) groups excluding carboxylic acids is 1. The lowest BCUT2D eigenvalue weighted by Crippen LogP contribution is -2.44. The van der Waals surface area contributed by atoms with Gasteiger partial charge in [-0.05, 0) is 31.2 Å². The van der Waals surface area contributed by atoms with Gasteiger partial charge in [-0.2, -0.15) is 4.98 Å². The van der Waals surface area contributed by atoms with Gasteiger partial charge >= 0.3 is 0 Å². The number of aryl methyl sites for hydroxylation is 2. The van der Waals surface area contributed by atoms with Gasteiger partial charge in [0.25, 0.3) is 0 Å². The molecule has 1 aromatic carbocycles. The topological polar surface area (TPSA) is 85.3 Å². The van der Waals surface area contributed by atoms with Crippen molar-refractivity contribution in [3.05, 3.63) is 47.1 Å². The summed E-state index contributed by atoms with van der Waals surface area (Å²) in [5.41, 5.74) is 8.21. The van der Waals surface area contributed by atoms with Gasteiger partial charge in [0.1, 0.15) is 6.04 Å². The van der Waals surface area contributed by atoms with E-state index in [1.165, 1.54) is 0 Å². The minimum Gasteiger partial charge on any atom is -0.341 e. The SMILES string of the molecule is Cc1ccc(C(N)C(=O)N2CCCC(Cc3noc(C)n3)C2)cc1.Cl. The van der Waals surface area contributed by atoms with E-state index in [4.69, 9.17) is 10.3 Å². The van der Waals surface area contributed by atoms with Gasteiger partial charge in [-0.25, -0.2) is 0 Å². The highest BCUT2D eigenvalue weighted by Gasteiger charge is 2.28. The number of halogens is 1. The number of benzene rings is 1. The van der Waals surface area contributed by atoms with Gasteiger partial charge < -0.3 is 15.2 Å². The van der Waals surface area contributed by atoms with Crippen molar-refractivity contribution in [2.45, 2.75) is 39.2 Å². The van der Waals surface area contributed by atoms with Crippen molar-refractivity contribution in [2.24, 2.45) is 11.7 Å². The molecule has 1 aliphatic rings. The molecule has 0 aliphatic carbocycles. The van der Waals surface area contributed by atoms with Gasteiger partial charge in [0.15, 0.2) is 5.82 Å². The van der Waals surface area contributed by atoms with Crippen molar-refractivity contribution in [1.82, 2.24) is 15.0 Å². The summed E-state index contributed by atoms with van der Waals surface area (Å²) in [5.74, 6) is 1.64. The van der Waals surface area contributed by atoms with Crippen LogP contribution in [-0.2, 0) is 11.2 Å². The summed E-state index contributed by atoms with van der Waals surface area (Å²) < 4.78 is 5.02. The van der Waals surface area contributed by atoms with Crippen molar-refractivity contribution in [3.8, 4) is 0 Å². The van der Waals surface area contributed by atoms with Crippen LogP contribution in [0, 0.1) is 19.8 Å². The summed E-state index contributed by atoms with van der Waals surface area (Å²) in [7, 11) is 0. The molecule has 2 aromatic rings. The van der Waals surface area contributed by atoms with Gasteiger partial charge in [-0.3, -0.25) is 4.79 Å². The molecule has 2 atom stereocenters.